The van der Waals surface area contributed by atoms with Crippen molar-refractivity contribution in [1.29, 1.82) is 0 Å². The third-order valence-electron chi connectivity index (χ3n) is 4.55. The van der Waals surface area contributed by atoms with Crippen LogP contribution in [0.4, 0.5) is 18.9 Å². The smallest absolute Gasteiger partial charge is 0.416 e. The van der Waals surface area contributed by atoms with Gasteiger partial charge in [0.1, 0.15) is 23.7 Å². The Hall–Kier alpha value is -4.41. The first-order chi connectivity index (χ1) is 16.1. The Kier molecular flexibility index (Phi) is 7.15. The molecule has 3 aromatic rings. The number of hydrogen-bond donors (Lipinski definition) is 0. The highest BCUT2D eigenvalue weighted by molar-refractivity contribution is 5.94. The quantitative estimate of drug-likeness (QED) is 0.251. The number of carbonyl (C=O) groups is 2. The van der Waals surface area contributed by atoms with E-state index in [9.17, 15) is 32.9 Å². The number of carbonyl (C=O) groups excluding carboxylic acids is 2. The van der Waals surface area contributed by atoms with Crippen LogP contribution < -0.4 is 4.74 Å². The van der Waals surface area contributed by atoms with Crippen LogP contribution in [0.25, 0.3) is 0 Å². The average molecular weight is 475 g/mol. The Labute approximate surface area is 190 Å². The van der Waals surface area contributed by atoms with Crippen molar-refractivity contribution in [2.24, 2.45) is 0 Å². The van der Waals surface area contributed by atoms with Gasteiger partial charge in [0.2, 0.25) is 0 Å². The Morgan fingerprint density at radius 3 is 2.09 bits per heavy atom. The normalized spacial score (nSPS) is 10.9. The van der Waals surface area contributed by atoms with Gasteiger partial charge in [0, 0.05) is 12.1 Å². The standard InChI is InChI=1S/C23H16F3NO7/c1-32-21(28)15-4-2-14(3-5-15)13-33-22(29)19-12-18(10-11-20(19)27(30)31)34-17-8-6-16(7-9-17)23(24,25)26/h2-12H,13H2,1H3. The van der Waals surface area contributed by atoms with E-state index in [1.165, 1.54) is 37.4 Å². The van der Waals surface area contributed by atoms with Crippen molar-refractivity contribution in [2.75, 3.05) is 7.11 Å². The summed E-state index contributed by atoms with van der Waals surface area (Å²) in [5.74, 6) is -1.53. The molecule has 0 N–H and O–H groups in total. The highest BCUT2D eigenvalue weighted by Crippen LogP contribution is 2.32. The van der Waals surface area contributed by atoms with E-state index >= 15 is 0 Å². The predicted molar refractivity (Wildman–Crippen MR) is 112 cm³/mol. The lowest BCUT2D eigenvalue weighted by molar-refractivity contribution is -0.385. The number of hydrogen-bond acceptors (Lipinski definition) is 7. The molecule has 3 aromatic carbocycles. The van der Waals surface area contributed by atoms with E-state index in [0.29, 0.717) is 11.1 Å². The molecule has 0 heterocycles. The Morgan fingerprint density at radius 1 is 0.912 bits per heavy atom. The summed E-state index contributed by atoms with van der Waals surface area (Å²) in [4.78, 5) is 34.6. The summed E-state index contributed by atoms with van der Waals surface area (Å²) in [5, 5.41) is 11.3. The van der Waals surface area contributed by atoms with E-state index in [0.717, 1.165) is 36.4 Å². The minimum atomic E-state index is -4.51. The summed E-state index contributed by atoms with van der Waals surface area (Å²) in [6.45, 7) is -0.235. The van der Waals surface area contributed by atoms with Crippen LogP contribution in [0, 0.1) is 10.1 Å². The summed E-state index contributed by atoms with van der Waals surface area (Å²) < 4.78 is 53.3. The molecule has 176 valence electrons. The van der Waals surface area contributed by atoms with E-state index in [2.05, 4.69) is 4.74 Å². The van der Waals surface area contributed by atoms with Gasteiger partial charge in [0.25, 0.3) is 5.69 Å². The molecule has 8 nitrogen and oxygen atoms in total. The second-order valence-electron chi connectivity index (χ2n) is 6.82. The molecular formula is C23H16F3NO7. The summed E-state index contributed by atoms with van der Waals surface area (Å²) in [6.07, 6.45) is -4.51. The second-order valence-corrected chi connectivity index (χ2v) is 6.82. The first-order valence-corrected chi connectivity index (χ1v) is 9.56. The van der Waals surface area contributed by atoms with Crippen molar-refractivity contribution in [3.05, 3.63) is 99.1 Å². The zero-order chi connectivity index (χ0) is 24.9. The molecule has 0 fully saturated rings. The maximum Gasteiger partial charge on any atom is 0.416 e. The first kappa shape index (κ1) is 24.2. The van der Waals surface area contributed by atoms with Crippen molar-refractivity contribution in [3.8, 4) is 11.5 Å². The van der Waals surface area contributed by atoms with Crippen LogP contribution in [0.15, 0.2) is 66.7 Å². The number of halogens is 3. The maximum absolute atomic E-state index is 12.7. The fraction of sp³-hybridized carbons (Fsp3) is 0.130. The molecule has 0 unspecified atom stereocenters. The largest absolute Gasteiger partial charge is 0.465 e. The number of rotatable bonds is 7. The molecule has 0 bridgehead atoms. The molecule has 0 aliphatic carbocycles. The Balaban J connectivity index is 1.75. The van der Waals surface area contributed by atoms with Gasteiger partial charge in [-0.15, -0.1) is 0 Å². The van der Waals surface area contributed by atoms with Crippen molar-refractivity contribution >= 4 is 17.6 Å². The fourth-order valence-electron chi connectivity index (χ4n) is 2.83. The lowest BCUT2D eigenvalue weighted by atomic mass is 10.1. The number of alkyl halides is 3. The lowest BCUT2D eigenvalue weighted by Crippen LogP contribution is -2.09. The molecule has 0 amide bonds. The lowest BCUT2D eigenvalue weighted by Gasteiger charge is -2.10. The van der Waals surface area contributed by atoms with Gasteiger partial charge < -0.3 is 14.2 Å². The van der Waals surface area contributed by atoms with Gasteiger partial charge in [0.15, 0.2) is 0 Å². The topological polar surface area (TPSA) is 105 Å². The van der Waals surface area contributed by atoms with Crippen molar-refractivity contribution in [3.63, 3.8) is 0 Å². The molecule has 0 saturated carbocycles. The number of benzene rings is 3. The van der Waals surface area contributed by atoms with Crippen LogP contribution in [0.3, 0.4) is 0 Å². The summed E-state index contributed by atoms with van der Waals surface area (Å²) in [5.41, 5.74) is -0.999. The number of nitro groups is 1. The fourth-order valence-corrected chi connectivity index (χ4v) is 2.83. The minimum Gasteiger partial charge on any atom is -0.465 e. The van der Waals surface area contributed by atoms with E-state index in [1.54, 1.807) is 0 Å². The van der Waals surface area contributed by atoms with E-state index in [1.807, 2.05) is 0 Å². The highest BCUT2D eigenvalue weighted by atomic mass is 19.4. The molecule has 0 radical (unpaired) electrons. The number of ether oxygens (including phenoxy) is 3. The van der Waals surface area contributed by atoms with E-state index in [4.69, 9.17) is 9.47 Å². The molecule has 3 rings (SSSR count). The molecule has 0 atom stereocenters. The molecular weight excluding hydrogens is 459 g/mol. The van der Waals surface area contributed by atoms with Gasteiger partial charge in [-0.25, -0.2) is 9.59 Å². The van der Waals surface area contributed by atoms with Gasteiger partial charge in [-0.05, 0) is 48.0 Å². The summed E-state index contributed by atoms with van der Waals surface area (Å²) >= 11 is 0. The van der Waals surface area contributed by atoms with Crippen LogP contribution >= 0.6 is 0 Å². The molecule has 0 aliphatic rings. The molecule has 0 aliphatic heterocycles. The van der Waals surface area contributed by atoms with E-state index in [-0.39, 0.29) is 18.1 Å². The van der Waals surface area contributed by atoms with Gasteiger partial charge in [-0.2, -0.15) is 13.2 Å². The minimum absolute atomic E-state index is 0.0141. The SMILES string of the molecule is COC(=O)c1ccc(COC(=O)c2cc(Oc3ccc(C(F)(F)F)cc3)ccc2[N+](=O)[O-])cc1. The third-order valence-corrected chi connectivity index (χ3v) is 4.55. The molecule has 0 spiro atoms. The predicted octanol–water partition coefficient (Wildman–Crippen LogP) is 5.55. The van der Waals surface area contributed by atoms with Gasteiger partial charge in [-0.3, -0.25) is 10.1 Å². The number of esters is 2. The Morgan fingerprint density at radius 2 is 1.53 bits per heavy atom. The van der Waals surface area contributed by atoms with Crippen molar-refractivity contribution in [1.82, 2.24) is 0 Å². The summed E-state index contributed by atoms with van der Waals surface area (Å²) in [7, 11) is 1.24. The average Bonchev–Trinajstić information content (AvgIpc) is 2.82. The number of nitro benzene ring substituents is 1. The molecule has 0 aromatic heterocycles. The second kappa shape index (κ2) is 10.0. The zero-order valence-electron chi connectivity index (χ0n) is 17.5. The van der Waals surface area contributed by atoms with E-state index < -0.39 is 39.9 Å². The number of methoxy groups -OCH3 is 1. The first-order valence-electron chi connectivity index (χ1n) is 9.56. The van der Waals surface area contributed by atoms with Gasteiger partial charge >= 0.3 is 18.1 Å². The van der Waals surface area contributed by atoms with Gasteiger partial charge in [-0.1, -0.05) is 12.1 Å². The zero-order valence-corrected chi connectivity index (χ0v) is 17.5. The van der Waals surface area contributed by atoms with Crippen LogP contribution in [0.2, 0.25) is 0 Å². The van der Waals surface area contributed by atoms with Crippen LogP contribution in [0.1, 0.15) is 31.8 Å². The van der Waals surface area contributed by atoms with Crippen molar-refractivity contribution in [2.45, 2.75) is 12.8 Å². The van der Waals surface area contributed by atoms with Crippen LogP contribution in [0.5, 0.6) is 11.5 Å². The molecule has 34 heavy (non-hydrogen) atoms. The number of nitrogens with zero attached hydrogens (tertiary/aromatic N) is 1. The van der Waals surface area contributed by atoms with Crippen LogP contribution in [-0.2, 0) is 22.3 Å². The molecule has 11 heteroatoms. The van der Waals surface area contributed by atoms with Crippen LogP contribution in [-0.4, -0.2) is 24.0 Å². The van der Waals surface area contributed by atoms with Gasteiger partial charge in [0.05, 0.1) is 23.2 Å². The monoisotopic (exact) mass is 475 g/mol. The summed E-state index contributed by atoms with van der Waals surface area (Å²) in [6, 6.07) is 13.1. The maximum atomic E-state index is 12.7. The third kappa shape index (κ3) is 5.88. The molecule has 0 saturated heterocycles. The highest BCUT2D eigenvalue weighted by Gasteiger charge is 2.30. The Bertz CT molecular complexity index is 1210. The van der Waals surface area contributed by atoms with Crippen molar-refractivity contribution < 1.29 is 41.9 Å².